The standard InChI is InChI=1S/C11H14N2O4S2/c1-2-7(11(16)17)19-5-8(14)13-10-6(9(12)15)3-4-18-10/h3-4,7H,2,5H2,1H3,(H2,12,15)(H,13,14)(H,16,17). The van der Waals surface area contributed by atoms with E-state index in [1.807, 2.05) is 0 Å². The quantitative estimate of drug-likeness (QED) is 0.705. The third-order valence-corrected chi connectivity index (χ3v) is 4.44. The van der Waals surface area contributed by atoms with Crippen LogP contribution in [0.15, 0.2) is 11.4 Å². The predicted molar refractivity (Wildman–Crippen MR) is 75.6 cm³/mol. The van der Waals surface area contributed by atoms with Gasteiger partial charge in [0.05, 0.1) is 11.3 Å². The van der Waals surface area contributed by atoms with Crippen molar-refractivity contribution in [2.24, 2.45) is 5.73 Å². The Hall–Kier alpha value is -1.54. The van der Waals surface area contributed by atoms with E-state index in [1.54, 1.807) is 12.3 Å². The number of nitrogens with one attached hydrogen (secondary N) is 1. The number of carbonyl (C=O) groups is 3. The molecule has 19 heavy (non-hydrogen) atoms. The average molecular weight is 302 g/mol. The van der Waals surface area contributed by atoms with Crippen molar-refractivity contribution in [3.05, 3.63) is 17.0 Å². The molecule has 104 valence electrons. The first-order valence-electron chi connectivity index (χ1n) is 5.47. The number of carboxylic acid groups (broad SMARTS) is 1. The van der Waals surface area contributed by atoms with Crippen LogP contribution in [0.3, 0.4) is 0 Å². The molecule has 1 atom stereocenters. The highest BCUT2D eigenvalue weighted by Crippen LogP contribution is 2.23. The molecule has 2 amide bonds. The lowest BCUT2D eigenvalue weighted by atomic mass is 10.3. The summed E-state index contributed by atoms with van der Waals surface area (Å²) in [6, 6.07) is 1.53. The monoisotopic (exact) mass is 302 g/mol. The molecule has 1 aromatic heterocycles. The minimum atomic E-state index is -0.936. The molecule has 0 saturated heterocycles. The maximum Gasteiger partial charge on any atom is 0.316 e. The van der Waals surface area contributed by atoms with E-state index in [1.165, 1.54) is 17.4 Å². The summed E-state index contributed by atoms with van der Waals surface area (Å²) in [6.45, 7) is 1.74. The number of aliphatic carboxylic acids is 1. The molecular weight excluding hydrogens is 288 g/mol. The first-order valence-corrected chi connectivity index (χ1v) is 7.40. The lowest BCUT2D eigenvalue weighted by molar-refractivity contribution is -0.136. The minimum absolute atomic E-state index is 0.0148. The molecule has 1 aromatic rings. The molecule has 0 radical (unpaired) electrons. The second kappa shape index (κ2) is 7.15. The highest BCUT2D eigenvalue weighted by molar-refractivity contribution is 8.01. The number of nitrogens with two attached hydrogens (primary N) is 1. The van der Waals surface area contributed by atoms with Crippen LogP contribution < -0.4 is 11.1 Å². The van der Waals surface area contributed by atoms with Crippen LogP contribution in [0.5, 0.6) is 0 Å². The number of carbonyl (C=O) groups excluding carboxylic acids is 2. The van der Waals surface area contributed by atoms with E-state index in [0.29, 0.717) is 11.4 Å². The molecule has 1 heterocycles. The molecule has 6 nitrogen and oxygen atoms in total. The molecular formula is C11H14N2O4S2. The zero-order valence-electron chi connectivity index (χ0n) is 10.2. The molecule has 0 aliphatic carbocycles. The lowest BCUT2D eigenvalue weighted by Crippen LogP contribution is -2.21. The summed E-state index contributed by atoms with van der Waals surface area (Å²) in [7, 11) is 0. The van der Waals surface area contributed by atoms with Crippen LogP contribution in [0.25, 0.3) is 0 Å². The molecule has 0 saturated carbocycles. The number of carboxylic acids is 1. The molecule has 0 aliphatic rings. The maximum absolute atomic E-state index is 11.7. The topological polar surface area (TPSA) is 109 Å². The van der Waals surface area contributed by atoms with Gasteiger partial charge in [-0.25, -0.2) is 0 Å². The molecule has 8 heteroatoms. The van der Waals surface area contributed by atoms with Gasteiger partial charge >= 0.3 is 5.97 Å². The van der Waals surface area contributed by atoms with Crippen LogP contribution in [0.2, 0.25) is 0 Å². The normalized spacial score (nSPS) is 11.8. The number of hydrogen-bond acceptors (Lipinski definition) is 5. The van der Waals surface area contributed by atoms with Crippen molar-refractivity contribution in [3.63, 3.8) is 0 Å². The summed E-state index contributed by atoms with van der Waals surface area (Å²) < 4.78 is 0. The van der Waals surface area contributed by atoms with Gasteiger partial charge in [0.25, 0.3) is 5.91 Å². The Morgan fingerprint density at radius 2 is 2.21 bits per heavy atom. The van der Waals surface area contributed by atoms with Crippen molar-refractivity contribution in [2.75, 3.05) is 11.1 Å². The van der Waals surface area contributed by atoms with E-state index < -0.39 is 17.1 Å². The number of rotatable bonds is 7. The van der Waals surface area contributed by atoms with Gasteiger partial charge in [-0.1, -0.05) is 6.92 Å². The number of anilines is 1. The van der Waals surface area contributed by atoms with Gasteiger partial charge in [-0.05, 0) is 17.9 Å². The Morgan fingerprint density at radius 3 is 2.74 bits per heavy atom. The maximum atomic E-state index is 11.7. The zero-order chi connectivity index (χ0) is 14.4. The van der Waals surface area contributed by atoms with Gasteiger partial charge < -0.3 is 16.2 Å². The minimum Gasteiger partial charge on any atom is -0.480 e. The summed E-state index contributed by atoms with van der Waals surface area (Å²) in [5.41, 5.74) is 5.41. The van der Waals surface area contributed by atoms with Crippen LogP contribution in [-0.4, -0.2) is 33.9 Å². The second-order valence-electron chi connectivity index (χ2n) is 3.62. The molecule has 1 rings (SSSR count). The molecule has 0 aromatic carbocycles. The van der Waals surface area contributed by atoms with Crippen molar-refractivity contribution in [2.45, 2.75) is 18.6 Å². The van der Waals surface area contributed by atoms with Gasteiger partial charge in [0.2, 0.25) is 5.91 Å². The number of amides is 2. The largest absolute Gasteiger partial charge is 0.480 e. The molecule has 0 aliphatic heterocycles. The molecule has 1 unspecified atom stereocenters. The van der Waals surface area contributed by atoms with E-state index in [4.69, 9.17) is 10.8 Å². The SMILES string of the molecule is CCC(SCC(=O)Nc1sccc1C(N)=O)C(=O)O. The first kappa shape index (κ1) is 15.5. The summed E-state index contributed by atoms with van der Waals surface area (Å²) >= 11 is 2.24. The fourth-order valence-corrected chi connectivity index (χ4v) is 2.91. The van der Waals surface area contributed by atoms with Crippen molar-refractivity contribution in [1.82, 2.24) is 0 Å². The van der Waals surface area contributed by atoms with Crippen LogP contribution in [-0.2, 0) is 9.59 Å². The molecule has 0 spiro atoms. The Balaban J connectivity index is 2.54. The van der Waals surface area contributed by atoms with Crippen molar-refractivity contribution in [3.8, 4) is 0 Å². The Labute approximate surface area is 118 Å². The fraction of sp³-hybridized carbons (Fsp3) is 0.364. The molecule has 0 fully saturated rings. The Bertz CT molecular complexity index is 487. The second-order valence-corrected chi connectivity index (χ2v) is 5.73. The summed E-state index contributed by atoms with van der Waals surface area (Å²) in [4.78, 5) is 33.5. The van der Waals surface area contributed by atoms with Crippen molar-refractivity contribution in [1.29, 1.82) is 0 Å². The third-order valence-electron chi connectivity index (χ3n) is 2.25. The van der Waals surface area contributed by atoms with Crippen molar-refractivity contribution >= 4 is 45.9 Å². The smallest absolute Gasteiger partial charge is 0.316 e. The Morgan fingerprint density at radius 1 is 1.53 bits per heavy atom. The van der Waals surface area contributed by atoms with Gasteiger partial charge in [-0.2, -0.15) is 0 Å². The summed E-state index contributed by atoms with van der Waals surface area (Å²) in [5, 5.41) is 12.8. The van der Waals surface area contributed by atoms with Gasteiger partial charge in [-0.15, -0.1) is 23.1 Å². The molecule has 4 N–H and O–H groups in total. The van der Waals surface area contributed by atoms with Gasteiger partial charge in [0, 0.05) is 0 Å². The highest BCUT2D eigenvalue weighted by atomic mass is 32.2. The van der Waals surface area contributed by atoms with E-state index in [2.05, 4.69) is 5.32 Å². The number of thiophene rings is 1. The van der Waals surface area contributed by atoms with E-state index in [9.17, 15) is 14.4 Å². The van der Waals surface area contributed by atoms with Crippen LogP contribution in [0.1, 0.15) is 23.7 Å². The van der Waals surface area contributed by atoms with E-state index in [-0.39, 0.29) is 17.2 Å². The summed E-state index contributed by atoms with van der Waals surface area (Å²) in [6.07, 6.45) is 0.443. The van der Waals surface area contributed by atoms with E-state index in [0.717, 1.165) is 11.8 Å². The summed E-state index contributed by atoms with van der Waals surface area (Å²) in [5.74, 6) is -1.88. The molecule has 0 bridgehead atoms. The lowest BCUT2D eigenvalue weighted by Gasteiger charge is -2.09. The van der Waals surface area contributed by atoms with Crippen LogP contribution in [0, 0.1) is 0 Å². The third kappa shape index (κ3) is 4.56. The first-order chi connectivity index (χ1) is 8.95. The fourth-order valence-electron chi connectivity index (χ4n) is 1.30. The van der Waals surface area contributed by atoms with E-state index >= 15 is 0 Å². The number of primary amides is 1. The predicted octanol–water partition coefficient (Wildman–Crippen LogP) is 1.38. The van der Waals surface area contributed by atoms with Crippen LogP contribution >= 0.6 is 23.1 Å². The highest BCUT2D eigenvalue weighted by Gasteiger charge is 2.18. The van der Waals surface area contributed by atoms with Crippen molar-refractivity contribution < 1.29 is 19.5 Å². The zero-order valence-corrected chi connectivity index (χ0v) is 11.8. The number of hydrogen-bond donors (Lipinski definition) is 3. The van der Waals surface area contributed by atoms with Crippen LogP contribution in [0.4, 0.5) is 5.00 Å². The van der Waals surface area contributed by atoms with Gasteiger partial charge in [-0.3, -0.25) is 14.4 Å². The number of thioether (sulfide) groups is 1. The average Bonchev–Trinajstić information content (AvgIpc) is 2.77. The van der Waals surface area contributed by atoms with Gasteiger partial charge in [0.15, 0.2) is 0 Å². The van der Waals surface area contributed by atoms with Gasteiger partial charge in [0.1, 0.15) is 10.3 Å². The Kier molecular flexibility index (Phi) is 5.84.